The zero-order valence-electron chi connectivity index (χ0n) is 52.0. The SMILES string of the molecule is CCCCCCC/C=C\C/C=C\CCCCCCCCCCCCCCCCCCCCCC(=O)NC(COC1OC(CO)C(OC2OC(CO)C(O)C(O)C2O)C(O)C1O)C(O)/C=C/CC/C=C/CCCCCCCCCCCCC. The summed E-state index contributed by atoms with van der Waals surface area (Å²) in [6, 6.07) is -0.931. The molecule has 2 aliphatic rings. The molecule has 0 saturated carbocycles. The lowest BCUT2D eigenvalue weighted by Gasteiger charge is -2.46. The molecular weight excluding hydrogens is 1040 g/mol. The Morgan fingerprint density at radius 3 is 1.27 bits per heavy atom. The van der Waals surface area contributed by atoms with Gasteiger partial charge in [0.2, 0.25) is 5.91 Å². The van der Waals surface area contributed by atoms with Crippen LogP contribution in [0.5, 0.6) is 0 Å². The molecule has 1 amide bonds. The maximum Gasteiger partial charge on any atom is 0.220 e. The van der Waals surface area contributed by atoms with Gasteiger partial charge in [-0.15, -0.1) is 0 Å². The first kappa shape index (κ1) is 76.0. The van der Waals surface area contributed by atoms with Gasteiger partial charge in [0, 0.05) is 6.42 Å². The third-order valence-corrected chi connectivity index (χ3v) is 16.5. The van der Waals surface area contributed by atoms with E-state index in [0.717, 1.165) is 38.5 Å². The van der Waals surface area contributed by atoms with Gasteiger partial charge in [-0.1, -0.05) is 262 Å². The van der Waals surface area contributed by atoms with Gasteiger partial charge in [-0.2, -0.15) is 0 Å². The highest BCUT2D eigenvalue weighted by Gasteiger charge is 2.51. The largest absolute Gasteiger partial charge is 0.394 e. The zero-order valence-corrected chi connectivity index (χ0v) is 52.0. The molecule has 14 nitrogen and oxygen atoms in total. The summed E-state index contributed by atoms with van der Waals surface area (Å²) < 4.78 is 22.8. The van der Waals surface area contributed by atoms with Gasteiger partial charge in [-0.05, 0) is 64.2 Å². The number of ether oxygens (including phenoxy) is 4. The normalized spacial score (nSPS) is 24.2. The second kappa shape index (κ2) is 53.2. The van der Waals surface area contributed by atoms with Crippen molar-refractivity contribution in [2.24, 2.45) is 0 Å². The van der Waals surface area contributed by atoms with E-state index in [1.165, 1.54) is 212 Å². The summed E-state index contributed by atoms with van der Waals surface area (Å²) in [6.07, 6.45) is 51.7. The number of amides is 1. The third kappa shape index (κ3) is 37.5. The number of aliphatic hydroxyl groups excluding tert-OH is 8. The van der Waals surface area contributed by atoms with Crippen LogP contribution in [0.1, 0.15) is 284 Å². The quantitative estimate of drug-likeness (QED) is 0.0204. The molecule has 82 heavy (non-hydrogen) atoms. The summed E-state index contributed by atoms with van der Waals surface area (Å²) in [4.78, 5) is 13.3. The first-order valence-electron chi connectivity index (χ1n) is 33.9. The molecule has 2 heterocycles. The molecule has 2 rings (SSSR count). The van der Waals surface area contributed by atoms with Gasteiger partial charge in [0.05, 0.1) is 32.0 Å². The van der Waals surface area contributed by atoms with Gasteiger partial charge in [0.1, 0.15) is 48.8 Å². The van der Waals surface area contributed by atoms with Crippen LogP contribution in [0, 0.1) is 0 Å². The van der Waals surface area contributed by atoms with Crippen molar-refractivity contribution in [1.29, 1.82) is 0 Å². The number of carbonyl (C=O) groups excluding carboxylic acids is 1. The minimum atomic E-state index is -1.79. The summed E-state index contributed by atoms with van der Waals surface area (Å²) in [5.41, 5.74) is 0. The maximum absolute atomic E-state index is 13.3. The van der Waals surface area contributed by atoms with E-state index in [2.05, 4.69) is 55.6 Å². The molecule has 2 aliphatic heterocycles. The molecular formula is C68H125NO13. The van der Waals surface area contributed by atoms with Crippen molar-refractivity contribution >= 4 is 5.91 Å². The van der Waals surface area contributed by atoms with Crippen LogP contribution >= 0.6 is 0 Å². The topological polar surface area (TPSA) is 228 Å². The summed E-state index contributed by atoms with van der Waals surface area (Å²) in [6.45, 7) is 2.79. The second-order valence-corrected chi connectivity index (χ2v) is 23.9. The molecule has 0 aliphatic carbocycles. The molecule has 12 unspecified atom stereocenters. The number of aliphatic hydroxyl groups is 8. The van der Waals surface area contributed by atoms with Gasteiger partial charge in [0.15, 0.2) is 12.6 Å². The van der Waals surface area contributed by atoms with E-state index < -0.39 is 86.8 Å². The second-order valence-electron chi connectivity index (χ2n) is 23.9. The molecule has 0 spiro atoms. The highest BCUT2D eigenvalue weighted by Crippen LogP contribution is 2.30. The molecule has 480 valence electrons. The Morgan fingerprint density at radius 2 is 0.817 bits per heavy atom. The molecule has 0 aromatic carbocycles. The zero-order chi connectivity index (χ0) is 59.5. The lowest BCUT2D eigenvalue weighted by Crippen LogP contribution is -2.65. The molecule has 14 heteroatoms. The molecule has 2 fully saturated rings. The van der Waals surface area contributed by atoms with Crippen LogP contribution in [0.4, 0.5) is 0 Å². The van der Waals surface area contributed by atoms with E-state index in [1.54, 1.807) is 6.08 Å². The van der Waals surface area contributed by atoms with Crippen molar-refractivity contribution in [3.63, 3.8) is 0 Å². The number of carbonyl (C=O) groups is 1. The third-order valence-electron chi connectivity index (χ3n) is 16.5. The van der Waals surface area contributed by atoms with E-state index in [0.29, 0.717) is 12.8 Å². The summed E-state index contributed by atoms with van der Waals surface area (Å²) in [7, 11) is 0. The Hall–Kier alpha value is -2.05. The smallest absolute Gasteiger partial charge is 0.220 e. The number of hydrogen-bond donors (Lipinski definition) is 9. The highest BCUT2D eigenvalue weighted by atomic mass is 16.7. The van der Waals surface area contributed by atoms with Crippen LogP contribution in [-0.4, -0.2) is 140 Å². The van der Waals surface area contributed by atoms with E-state index in [-0.39, 0.29) is 18.9 Å². The average Bonchev–Trinajstić information content (AvgIpc) is 3.52. The first-order valence-corrected chi connectivity index (χ1v) is 33.9. The Balaban J connectivity index is 1.66. The van der Waals surface area contributed by atoms with E-state index in [1.807, 2.05) is 6.08 Å². The lowest BCUT2D eigenvalue weighted by molar-refractivity contribution is -0.359. The number of nitrogens with one attached hydrogen (secondary N) is 1. The summed E-state index contributed by atoms with van der Waals surface area (Å²) in [5, 5.41) is 87.2. The van der Waals surface area contributed by atoms with Gasteiger partial charge in [-0.3, -0.25) is 4.79 Å². The molecule has 2 saturated heterocycles. The number of unbranched alkanes of at least 4 members (excludes halogenated alkanes) is 36. The van der Waals surface area contributed by atoms with Gasteiger partial charge < -0.3 is 65.1 Å². The lowest BCUT2D eigenvalue weighted by atomic mass is 9.97. The minimum Gasteiger partial charge on any atom is -0.394 e. The van der Waals surface area contributed by atoms with Crippen LogP contribution in [0.15, 0.2) is 48.6 Å². The molecule has 12 atom stereocenters. The van der Waals surface area contributed by atoms with Crippen LogP contribution in [0.3, 0.4) is 0 Å². The Bertz CT molecular complexity index is 1560. The Labute approximate surface area is 499 Å². The molecule has 0 aromatic heterocycles. The van der Waals surface area contributed by atoms with Gasteiger partial charge >= 0.3 is 0 Å². The van der Waals surface area contributed by atoms with Gasteiger partial charge in [0.25, 0.3) is 0 Å². The predicted octanol–water partition coefficient (Wildman–Crippen LogP) is 13.1. The van der Waals surface area contributed by atoms with Crippen LogP contribution in [0.2, 0.25) is 0 Å². The maximum atomic E-state index is 13.3. The average molecular weight is 1160 g/mol. The molecule has 9 N–H and O–H groups in total. The van der Waals surface area contributed by atoms with Crippen LogP contribution in [-0.2, 0) is 23.7 Å². The molecule has 0 radical (unpaired) electrons. The van der Waals surface area contributed by atoms with E-state index in [4.69, 9.17) is 18.9 Å². The standard InChI is InChI=1S/C68H125NO13/c1-3-5-7-9-11-13-15-17-19-21-22-23-24-25-26-27-28-29-30-31-32-33-34-36-38-40-42-44-46-48-50-52-60(73)69-56(57(72)51-49-47-45-43-41-39-37-35-20-18-16-14-12-10-8-6-4-2)55-79-67-65(78)63(76)66(59(54-71)81-67)82-68-64(77)62(75)61(74)58(53-70)80-68/h15,17,21-22,41,43,49,51,56-59,61-68,70-72,74-78H,3-14,16,18-20,23-40,42,44-48,50,52-55H2,1-2H3,(H,69,73)/b17-15-,22-21-,43-41+,51-49+. The van der Waals surface area contributed by atoms with Crippen LogP contribution < -0.4 is 5.32 Å². The fourth-order valence-electron chi connectivity index (χ4n) is 11.0. The van der Waals surface area contributed by atoms with Gasteiger partial charge in [-0.25, -0.2) is 0 Å². The minimum absolute atomic E-state index is 0.246. The van der Waals surface area contributed by atoms with Crippen molar-refractivity contribution in [2.45, 2.75) is 357 Å². The highest BCUT2D eigenvalue weighted by molar-refractivity contribution is 5.76. The fraction of sp³-hybridized carbons (Fsp3) is 0.868. The number of allylic oxidation sites excluding steroid dienone is 7. The van der Waals surface area contributed by atoms with E-state index >= 15 is 0 Å². The molecule has 0 bridgehead atoms. The number of rotatable bonds is 55. The van der Waals surface area contributed by atoms with Crippen molar-refractivity contribution in [2.75, 3.05) is 19.8 Å². The van der Waals surface area contributed by atoms with Crippen molar-refractivity contribution < 1.29 is 64.6 Å². The van der Waals surface area contributed by atoms with Crippen molar-refractivity contribution in [3.05, 3.63) is 48.6 Å². The monoisotopic (exact) mass is 1160 g/mol. The number of hydrogen-bond acceptors (Lipinski definition) is 13. The summed E-state index contributed by atoms with van der Waals surface area (Å²) >= 11 is 0. The van der Waals surface area contributed by atoms with Crippen molar-refractivity contribution in [1.82, 2.24) is 5.32 Å². The molecule has 0 aromatic rings. The first-order chi connectivity index (χ1) is 40.1. The van der Waals surface area contributed by atoms with E-state index in [9.17, 15) is 45.6 Å². The Morgan fingerprint density at radius 1 is 0.439 bits per heavy atom. The fourth-order valence-corrected chi connectivity index (χ4v) is 11.0. The van der Waals surface area contributed by atoms with Crippen LogP contribution in [0.25, 0.3) is 0 Å². The summed E-state index contributed by atoms with van der Waals surface area (Å²) in [5.74, 6) is -0.246. The Kier molecular flexibility index (Phi) is 49.3. The van der Waals surface area contributed by atoms with Crippen molar-refractivity contribution in [3.8, 4) is 0 Å². The predicted molar refractivity (Wildman–Crippen MR) is 332 cm³/mol.